The Morgan fingerprint density at radius 3 is 2.86 bits per heavy atom. The van der Waals surface area contributed by atoms with Crippen molar-refractivity contribution in [3.8, 4) is 0 Å². The molecule has 4 atom stereocenters. The number of aromatic amines is 1. The van der Waals surface area contributed by atoms with Crippen LogP contribution in [0.2, 0.25) is 0 Å². The maximum atomic E-state index is 11.8. The molecule has 4 N–H and O–H groups in total. The third-order valence-electron chi connectivity index (χ3n) is 3.44. The van der Waals surface area contributed by atoms with Crippen molar-refractivity contribution in [1.29, 1.82) is 0 Å². The summed E-state index contributed by atoms with van der Waals surface area (Å²) in [5, 5.41) is 28.9. The summed E-state index contributed by atoms with van der Waals surface area (Å²) in [5.41, 5.74) is -0.165. The van der Waals surface area contributed by atoms with Gasteiger partial charge < -0.3 is 25.0 Å². The number of rotatable bonds is 3. The molecule has 9 heteroatoms. The first kappa shape index (κ1) is 13.9. The monoisotopic (exact) mass is 294 g/mol. The number of imidazole rings is 1. The molecule has 1 saturated heterocycles. The molecule has 1 fully saturated rings. The Hall–Kier alpha value is -2.07. The van der Waals surface area contributed by atoms with Gasteiger partial charge in [-0.1, -0.05) is 6.58 Å². The van der Waals surface area contributed by atoms with Crippen molar-refractivity contribution in [2.75, 3.05) is 6.61 Å². The van der Waals surface area contributed by atoms with Gasteiger partial charge in [0.05, 0.1) is 12.9 Å². The Morgan fingerprint density at radius 1 is 1.48 bits per heavy atom. The summed E-state index contributed by atoms with van der Waals surface area (Å²) in [4.78, 5) is 22.4. The van der Waals surface area contributed by atoms with Crippen molar-refractivity contribution >= 4 is 17.2 Å². The molecule has 0 amide bonds. The number of nitrogens with one attached hydrogen (secondary N) is 1. The lowest BCUT2D eigenvalue weighted by molar-refractivity contribution is -0.0511. The van der Waals surface area contributed by atoms with Crippen LogP contribution in [0.25, 0.3) is 17.2 Å². The van der Waals surface area contributed by atoms with Crippen LogP contribution in [0.5, 0.6) is 0 Å². The highest BCUT2D eigenvalue weighted by atomic mass is 16.6. The zero-order chi connectivity index (χ0) is 15.1. The molecule has 2 aromatic rings. The van der Waals surface area contributed by atoms with Crippen molar-refractivity contribution in [1.82, 2.24) is 19.5 Å². The Bertz CT molecular complexity index is 739. The highest BCUT2D eigenvalue weighted by Gasteiger charge is 2.44. The summed E-state index contributed by atoms with van der Waals surface area (Å²) in [7, 11) is 0. The Balaban J connectivity index is 2.11. The van der Waals surface area contributed by atoms with E-state index >= 15 is 0 Å². The molecule has 9 nitrogen and oxygen atoms in total. The summed E-state index contributed by atoms with van der Waals surface area (Å²) < 4.78 is 6.74. The largest absolute Gasteiger partial charge is 0.394 e. The molecule has 3 rings (SSSR count). The number of aromatic nitrogens is 4. The third kappa shape index (κ3) is 2.07. The molecule has 21 heavy (non-hydrogen) atoms. The first-order chi connectivity index (χ1) is 10.1. The number of hydrogen-bond donors (Lipinski definition) is 4. The van der Waals surface area contributed by atoms with Gasteiger partial charge in [0, 0.05) is 0 Å². The van der Waals surface area contributed by atoms with Crippen LogP contribution in [0.4, 0.5) is 0 Å². The predicted molar refractivity (Wildman–Crippen MR) is 71.2 cm³/mol. The quantitative estimate of drug-likeness (QED) is 0.534. The summed E-state index contributed by atoms with van der Waals surface area (Å²) in [6, 6.07) is 0. The van der Waals surface area contributed by atoms with Crippen molar-refractivity contribution in [2.45, 2.75) is 24.5 Å². The number of aliphatic hydroxyl groups excluding tert-OH is 3. The molecule has 0 saturated carbocycles. The van der Waals surface area contributed by atoms with Gasteiger partial charge in [0.25, 0.3) is 5.56 Å². The number of hydrogen-bond acceptors (Lipinski definition) is 7. The van der Waals surface area contributed by atoms with E-state index in [0.717, 1.165) is 0 Å². The second-order valence-electron chi connectivity index (χ2n) is 4.71. The minimum Gasteiger partial charge on any atom is -0.394 e. The lowest BCUT2D eigenvalue weighted by Gasteiger charge is -2.16. The van der Waals surface area contributed by atoms with Gasteiger partial charge in [0.1, 0.15) is 24.1 Å². The highest BCUT2D eigenvalue weighted by molar-refractivity contribution is 5.70. The molecule has 0 aromatic carbocycles. The van der Waals surface area contributed by atoms with Gasteiger partial charge in [-0.05, 0) is 6.08 Å². The van der Waals surface area contributed by atoms with Gasteiger partial charge in [0.15, 0.2) is 17.4 Å². The molecule has 112 valence electrons. The second-order valence-corrected chi connectivity index (χ2v) is 4.71. The van der Waals surface area contributed by atoms with Crippen molar-refractivity contribution in [3.05, 3.63) is 29.1 Å². The lowest BCUT2D eigenvalue weighted by atomic mass is 10.1. The molecule has 3 heterocycles. The van der Waals surface area contributed by atoms with E-state index in [2.05, 4.69) is 21.5 Å². The van der Waals surface area contributed by atoms with Crippen molar-refractivity contribution in [2.24, 2.45) is 0 Å². The number of aliphatic hydroxyl groups is 3. The van der Waals surface area contributed by atoms with E-state index in [1.165, 1.54) is 17.0 Å². The first-order valence-corrected chi connectivity index (χ1v) is 6.28. The fraction of sp³-hybridized carbons (Fsp3) is 0.417. The normalized spacial score (nSPS) is 29.1. The Labute approximate surface area is 118 Å². The van der Waals surface area contributed by atoms with Crippen LogP contribution >= 0.6 is 0 Å². The van der Waals surface area contributed by atoms with Gasteiger partial charge in [-0.2, -0.15) is 0 Å². The Kier molecular flexibility index (Phi) is 3.33. The zero-order valence-corrected chi connectivity index (χ0v) is 10.9. The van der Waals surface area contributed by atoms with Crippen LogP contribution in [0.15, 0.2) is 17.7 Å². The predicted octanol–water partition coefficient (Wildman–Crippen LogP) is -1.63. The second kappa shape index (κ2) is 5.04. The van der Waals surface area contributed by atoms with Crippen LogP contribution in [0.1, 0.15) is 12.1 Å². The van der Waals surface area contributed by atoms with E-state index in [9.17, 15) is 15.0 Å². The molecule has 2 unspecified atom stereocenters. The standard InChI is InChI=1S/C12H14N4O5/c1-2-6-14-10-7(11(20)15-6)13-4-16(10)12-9(19)8(18)5(3-17)21-12/h2,4-5,8-9,12,17-19H,1,3H2,(H,14,15,20)/t5-,8?,9?,12-/m1/s1. The smallest absolute Gasteiger partial charge is 0.279 e. The number of fused-ring (bicyclic) bond motifs is 1. The summed E-state index contributed by atoms with van der Waals surface area (Å²) in [6.45, 7) is 3.09. The summed E-state index contributed by atoms with van der Waals surface area (Å²) in [5.74, 6) is 0.251. The number of nitrogens with zero attached hydrogens (tertiary/aromatic N) is 3. The molecule has 2 aromatic heterocycles. The van der Waals surface area contributed by atoms with Gasteiger partial charge in [-0.25, -0.2) is 9.97 Å². The van der Waals surface area contributed by atoms with E-state index < -0.39 is 36.7 Å². The Morgan fingerprint density at radius 2 is 2.24 bits per heavy atom. The molecule has 1 aliphatic heterocycles. The van der Waals surface area contributed by atoms with Crippen LogP contribution in [-0.4, -0.2) is 59.8 Å². The molecular weight excluding hydrogens is 280 g/mol. The number of H-pyrrole nitrogens is 1. The topological polar surface area (TPSA) is 133 Å². The van der Waals surface area contributed by atoms with Gasteiger partial charge in [-0.3, -0.25) is 9.36 Å². The van der Waals surface area contributed by atoms with Crippen LogP contribution in [0.3, 0.4) is 0 Å². The van der Waals surface area contributed by atoms with E-state index in [1.54, 1.807) is 0 Å². The minimum absolute atomic E-state index is 0.0818. The molecule has 0 aliphatic carbocycles. The molecule has 1 aliphatic rings. The van der Waals surface area contributed by atoms with Crippen molar-refractivity contribution in [3.63, 3.8) is 0 Å². The van der Waals surface area contributed by atoms with Gasteiger partial charge in [-0.15, -0.1) is 0 Å². The van der Waals surface area contributed by atoms with E-state index in [-0.39, 0.29) is 17.0 Å². The maximum absolute atomic E-state index is 11.8. The van der Waals surface area contributed by atoms with E-state index in [0.29, 0.717) is 0 Å². The maximum Gasteiger partial charge on any atom is 0.279 e. The molecule has 0 bridgehead atoms. The lowest BCUT2D eigenvalue weighted by Crippen LogP contribution is -2.33. The van der Waals surface area contributed by atoms with Gasteiger partial charge in [0.2, 0.25) is 0 Å². The van der Waals surface area contributed by atoms with E-state index in [1.807, 2.05) is 0 Å². The summed E-state index contributed by atoms with van der Waals surface area (Å²) >= 11 is 0. The molecule has 0 spiro atoms. The van der Waals surface area contributed by atoms with Gasteiger partial charge >= 0.3 is 0 Å². The fourth-order valence-corrected chi connectivity index (χ4v) is 2.34. The highest BCUT2D eigenvalue weighted by Crippen LogP contribution is 2.30. The average molecular weight is 294 g/mol. The van der Waals surface area contributed by atoms with Crippen LogP contribution in [-0.2, 0) is 4.74 Å². The van der Waals surface area contributed by atoms with Crippen molar-refractivity contribution < 1.29 is 20.1 Å². The number of ether oxygens (including phenoxy) is 1. The average Bonchev–Trinajstić information content (AvgIpc) is 3.02. The summed E-state index contributed by atoms with van der Waals surface area (Å²) in [6.07, 6.45) is -1.75. The third-order valence-corrected chi connectivity index (χ3v) is 3.44. The SMILES string of the molecule is C=Cc1nc2c(ncn2[C@@H]2O[C@H](CO)C(O)C2O)c(=O)[nH]1. The zero-order valence-electron chi connectivity index (χ0n) is 10.9. The van der Waals surface area contributed by atoms with Crippen LogP contribution < -0.4 is 5.56 Å². The molecule has 0 radical (unpaired) electrons. The molecular formula is C12H14N4O5. The fourth-order valence-electron chi connectivity index (χ4n) is 2.34. The minimum atomic E-state index is -1.27. The first-order valence-electron chi connectivity index (χ1n) is 6.28. The van der Waals surface area contributed by atoms with Crippen LogP contribution in [0, 0.1) is 0 Å². The van der Waals surface area contributed by atoms with E-state index in [4.69, 9.17) is 9.84 Å².